The van der Waals surface area contributed by atoms with Crippen molar-refractivity contribution in [3.05, 3.63) is 94.3 Å². The summed E-state index contributed by atoms with van der Waals surface area (Å²) < 4.78 is 29.0. The topological polar surface area (TPSA) is 103 Å². The molecule has 0 aliphatic heterocycles. The fraction of sp³-hybridized carbons (Fsp3) is 0.111. The molecule has 0 radical (unpaired) electrons. The number of rotatable bonds is 6. The van der Waals surface area contributed by atoms with Gasteiger partial charge in [0, 0.05) is 5.39 Å². The first kappa shape index (κ1) is 24.3. The Morgan fingerprint density at radius 2 is 1.68 bits per heavy atom. The highest BCUT2D eigenvalue weighted by molar-refractivity contribution is 7.21. The molecule has 0 spiro atoms. The number of carbonyl (C=O) groups is 2. The Labute approximate surface area is 214 Å². The highest BCUT2D eigenvalue weighted by atomic mass is 32.1. The zero-order chi connectivity index (χ0) is 26.3. The number of fused-ring (bicyclic) bond motifs is 1. The molecule has 0 fully saturated rings. The first-order valence-corrected chi connectivity index (χ1v) is 12.1. The molecule has 0 aliphatic rings. The van der Waals surface area contributed by atoms with Crippen LogP contribution < -0.4 is 11.1 Å². The van der Waals surface area contributed by atoms with Crippen molar-refractivity contribution in [2.75, 3.05) is 5.32 Å². The second-order valence-electron chi connectivity index (χ2n) is 8.36. The molecular weight excluding hydrogens is 496 g/mol. The van der Waals surface area contributed by atoms with Gasteiger partial charge in [-0.2, -0.15) is 5.10 Å². The second-order valence-corrected chi connectivity index (χ2v) is 9.36. The van der Waals surface area contributed by atoms with Gasteiger partial charge in [-0.25, -0.2) is 18.4 Å². The number of nitrogens with two attached hydrogens (primary N) is 1. The monoisotopic (exact) mass is 517 g/mol. The lowest BCUT2D eigenvalue weighted by Crippen LogP contribution is -2.18. The van der Waals surface area contributed by atoms with Crippen LogP contribution >= 0.6 is 11.3 Å². The maximum Gasteiger partial charge on any atom is 0.280 e. The molecule has 3 heterocycles. The van der Waals surface area contributed by atoms with E-state index in [9.17, 15) is 18.4 Å². The minimum absolute atomic E-state index is 0.0187. The van der Waals surface area contributed by atoms with Crippen LogP contribution in [0.2, 0.25) is 0 Å². The van der Waals surface area contributed by atoms with Crippen molar-refractivity contribution >= 4 is 39.1 Å². The number of hydrogen-bond donors (Lipinski definition) is 2. The number of benzene rings is 2. The lowest BCUT2D eigenvalue weighted by atomic mass is 10.0. The number of anilines is 1. The van der Waals surface area contributed by atoms with Crippen LogP contribution in [0, 0.1) is 13.8 Å². The number of nitrogens with zero attached hydrogens (tertiary/aromatic N) is 3. The summed E-state index contributed by atoms with van der Waals surface area (Å²) in [6, 6.07) is 19.5. The van der Waals surface area contributed by atoms with E-state index in [4.69, 9.17) is 5.73 Å². The predicted molar refractivity (Wildman–Crippen MR) is 140 cm³/mol. The molecule has 3 N–H and O–H groups in total. The highest BCUT2D eigenvalue weighted by Crippen LogP contribution is 2.42. The van der Waals surface area contributed by atoms with Crippen LogP contribution in [0.15, 0.2) is 66.7 Å². The summed E-state index contributed by atoms with van der Waals surface area (Å²) >= 11 is 0.866. The molecular formula is C27H21F2N5O2S. The molecule has 5 aromatic rings. The van der Waals surface area contributed by atoms with E-state index in [1.54, 1.807) is 48.9 Å². The van der Waals surface area contributed by atoms with E-state index < -0.39 is 23.9 Å². The zero-order valence-corrected chi connectivity index (χ0v) is 20.6. The molecule has 3 aromatic heterocycles. The van der Waals surface area contributed by atoms with Crippen molar-refractivity contribution in [3.63, 3.8) is 0 Å². The number of alkyl halides is 2. The fourth-order valence-electron chi connectivity index (χ4n) is 4.34. The van der Waals surface area contributed by atoms with Crippen molar-refractivity contribution in [2.24, 2.45) is 5.73 Å². The summed E-state index contributed by atoms with van der Waals surface area (Å²) in [5.74, 6) is -1.30. The van der Waals surface area contributed by atoms with Gasteiger partial charge in [-0.05, 0) is 43.2 Å². The third-order valence-electron chi connectivity index (χ3n) is 5.97. The van der Waals surface area contributed by atoms with Crippen molar-refractivity contribution in [1.82, 2.24) is 14.8 Å². The average molecular weight is 518 g/mol. The predicted octanol–water partition coefficient (Wildman–Crippen LogP) is 6.05. The number of nitrogens with one attached hydrogen (secondary N) is 1. The van der Waals surface area contributed by atoms with Gasteiger partial charge in [-0.1, -0.05) is 48.5 Å². The summed E-state index contributed by atoms with van der Waals surface area (Å²) in [5.41, 5.74) is 8.59. The normalized spacial score (nSPS) is 11.3. The Bertz CT molecular complexity index is 1650. The SMILES string of the molecule is Cc1nn(-c2ccccc2)c(C)c1C(=O)Nc1c(C(N)=O)sc2nc(C(F)F)cc(-c3ccccc3)c12. The van der Waals surface area contributed by atoms with Crippen LogP contribution in [0.1, 0.15) is 43.5 Å². The van der Waals surface area contributed by atoms with E-state index >= 15 is 0 Å². The molecule has 0 atom stereocenters. The molecule has 0 saturated carbocycles. The van der Waals surface area contributed by atoms with Crippen molar-refractivity contribution in [3.8, 4) is 16.8 Å². The standard InChI is InChI=1S/C27H21F2N5O2S/c1-14-20(15(2)34(33-14)17-11-7-4-8-12-17)26(36)32-22-21-18(16-9-5-3-6-10-16)13-19(24(28)29)31-27(21)37-23(22)25(30)35/h3-13,24H,1-2H3,(H2,30,35)(H,32,36). The van der Waals surface area contributed by atoms with Gasteiger partial charge in [0.2, 0.25) is 0 Å². The molecule has 0 unspecified atom stereocenters. The third-order valence-corrected chi connectivity index (χ3v) is 7.07. The minimum Gasteiger partial charge on any atom is -0.365 e. The van der Waals surface area contributed by atoms with Gasteiger partial charge in [0.15, 0.2) is 0 Å². The molecule has 2 amide bonds. The number of hydrogen-bond acceptors (Lipinski definition) is 5. The first-order chi connectivity index (χ1) is 17.8. The number of halogens is 2. The Morgan fingerprint density at radius 3 is 2.30 bits per heavy atom. The van der Waals surface area contributed by atoms with Crippen molar-refractivity contribution in [2.45, 2.75) is 20.3 Å². The van der Waals surface area contributed by atoms with E-state index in [0.29, 0.717) is 33.5 Å². The van der Waals surface area contributed by atoms with Crippen LogP contribution in [0.5, 0.6) is 0 Å². The van der Waals surface area contributed by atoms with E-state index in [1.807, 2.05) is 30.3 Å². The van der Waals surface area contributed by atoms with Crippen LogP contribution in [0.4, 0.5) is 14.5 Å². The number of amides is 2. The number of pyridine rings is 1. The molecule has 186 valence electrons. The molecule has 0 bridgehead atoms. The van der Waals surface area contributed by atoms with Crippen LogP contribution in [0.3, 0.4) is 0 Å². The summed E-state index contributed by atoms with van der Waals surface area (Å²) in [4.78, 5) is 30.2. The Hall–Kier alpha value is -4.44. The van der Waals surface area contributed by atoms with E-state index in [0.717, 1.165) is 17.0 Å². The largest absolute Gasteiger partial charge is 0.365 e. The number of para-hydroxylation sites is 1. The Balaban J connectivity index is 1.68. The second kappa shape index (κ2) is 9.55. The van der Waals surface area contributed by atoms with Gasteiger partial charge in [0.25, 0.3) is 18.2 Å². The van der Waals surface area contributed by atoms with Gasteiger partial charge in [-0.15, -0.1) is 11.3 Å². The fourth-order valence-corrected chi connectivity index (χ4v) is 5.35. The summed E-state index contributed by atoms with van der Waals surface area (Å²) in [6.07, 6.45) is -2.82. The zero-order valence-electron chi connectivity index (χ0n) is 19.8. The van der Waals surface area contributed by atoms with Crippen LogP contribution in [0.25, 0.3) is 27.0 Å². The molecule has 0 saturated heterocycles. The summed E-state index contributed by atoms with van der Waals surface area (Å²) in [5, 5.41) is 7.71. The van der Waals surface area contributed by atoms with Crippen LogP contribution in [-0.4, -0.2) is 26.6 Å². The Kier molecular flexibility index (Phi) is 6.26. The molecule has 37 heavy (non-hydrogen) atoms. The molecule has 0 aliphatic carbocycles. The van der Waals surface area contributed by atoms with Gasteiger partial charge in [0.1, 0.15) is 15.4 Å². The first-order valence-electron chi connectivity index (χ1n) is 11.3. The van der Waals surface area contributed by atoms with Crippen LogP contribution in [-0.2, 0) is 0 Å². The number of carbonyl (C=O) groups excluding carboxylic acids is 2. The number of aromatic nitrogens is 3. The van der Waals surface area contributed by atoms with Crippen molar-refractivity contribution in [1.29, 1.82) is 0 Å². The Morgan fingerprint density at radius 1 is 1.03 bits per heavy atom. The van der Waals surface area contributed by atoms with E-state index in [2.05, 4.69) is 15.4 Å². The average Bonchev–Trinajstić information content (AvgIpc) is 3.41. The highest BCUT2D eigenvalue weighted by Gasteiger charge is 2.27. The van der Waals surface area contributed by atoms with Gasteiger partial charge < -0.3 is 11.1 Å². The summed E-state index contributed by atoms with van der Waals surface area (Å²) in [7, 11) is 0. The molecule has 2 aromatic carbocycles. The maximum atomic E-state index is 13.7. The quantitative estimate of drug-likeness (QED) is 0.286. The van der Waals surface area contributed by atoms with E-state index in [1.165, 1.54) is 6.07 Å². The number of primary amides is 1. The number of thiophene rings is 1. The van der Waals surface area contributed by atoms with E-state index in [-0.39, 0.29) is 15.4 Å². The van der Waals surface area contributed by atoms with Gasteiger partial charge in [0.05, 0.1) is 28.3 Å². The minimum atomic E-state index is -2.82. The smallest absolute Gasteiger partial charge is 0.280 e. The van der Waals surface area contributed by atoms with Crippen molar-refractivity contribution < 1.29 is 18.4 Å². The van der Waals surface area contributed by atoms with Gasteiger partial charge >= 0.3 is 0 Å². The molecule has 7 nitrogen and oxygen atoms in total. The molecule has 10 heteroatoms. The lowest BCUT2D eigenvalue weighted by Gasteiger charge is -2.11. The van der Waals surface area contributed by atoms with Gasteiger partial charge in [-0.3, -0.25) is 9.59 Å². The number of aryl methyl sites for hydroxylation is 1. The lowest BCUT2D eigenvalue weighted by molar-refractivity contribution is 0.100. The third kappa shape index (κ3) is 4.36. The summed E-state index contributed by atoms with van der Waals surface area (Å²) in [6.45, 7) is 3.49. The molecule has 5 rings (SSSR count). The maximum absolute atomic E-state index is 13.7.